The van der Waals surface area contributed by atoms with Gasteiger partial charge in [-0.1, -0.05) is 0 Å². The van der Waals surface area contributed by atoms with Crippen LogP contribution >= 0.6 is 0 Å². The van der Waals surface area contributed by atoms with Crippen molar-refractivity contribution in [3.8, 4) is 0 Å². The maximum atomic E-state index is 9.39. The Hall–Kier alpha value is -0.160. The van der Waals surface area contributed by atoms with Crippen molar-refractivity contribution in [3.05, 3.63) is 0 Å². The van der Waals surface area contributed by atoms with Crippen molar-refractivity contribution in [1.29, 1.82) is 0 Å². The topological polar surface area (TPSA) is 69.9 Å². The third kappa shape index (κ3) is 2.17. The first kappa shape index (κ1) is 9.92. The molecule has 4 heteroatoms. The number of hydrogen-bond acceptors (Lipinski definition) is 4. The second kappa shape index (κ2) is 4.18. The summed E-state index contributed by atoms with van der Waals surface area (Å²) in [7, 11) is 0. The van der Waals surface area contributed by atoms with E-state index in [0.29, 0.717) is 13.0 Å². The molecule has 1 aliphatic heterocycles. The van der Waals surface area contributed by atoms with Gasteiger partial charge < -0.3 is 20.1 Å². The minimum atomic E-state index is -0.832. The Morgan fingerprint density at radius 3 is 2.67 bits per heavy atom. The summed E-state index contributed by atoms with van der Waals surface area (Å²) in [6, 6.07) is 0. The van der Waals surface area contributed by atoms with E-state index >= 15 is 0 Å². The largest absolute Gasteiger partial charge is 0.396 e. The van der Waals surface area contributed by atoms with Gasteiger partial charge in [0.15, 0.2) is 0 Å². The zero-order valence-electron chi connectivity index (χ0n) is 7.18. The van der Waals surface area contributed by atoms with Crippen LogP contribution in [-0.4, -0.2) is 46.8 Å². The molecule has 72 valence electrons. The molecule has 0 amide bonds. The summed E-state index contributed by atoms with van der Waals surface area (Å²) in [6.45, 7) is 2.12. The highest BCUT2D eigenvalue weighted by atomic mass is 16.5. The van der Waals surface area contributed by atoms with Crippen LogP contribution in [0.4, 0.5) is 0 Å². The van der Waals surface area contributed by atoms with Crippen LogP contribution in [0.15, 0.2) is 0 Å². The molecule has 1 heterocycles. The van der Waals surface area contributed by atoms with Crippen LogP contribution in [0.1, 0.15) is 13.3 Å². The van der Waals surface area contributed by atoms with Crippen LogP contribution in [0.2, 0.25) is 0 Å². The number of rotatable bonds is 1. The van der Waals surface area contributed by atoms with Crippen molar-refractivity contribution < 1.29 is 20.1 Å². The van der Waals surface area contributed by atoms with Crippen molar-refractivity contribution in [2.24, 2.45) is 5.92 Å². The molecular weight excluding hydrogens is 160 g/mol. The zero-order valence-corrected chi connectivity index (χ0v) is 7.18. The lowest BCUT2D eigenvalue weighted by molar-refractivity contribution is -0.0625. The fraction of sp³-hybridized carbons (Fsp3) is 1.00. The second-order valence-electron chi connectivity index (χ2n) is 3.38. The van der Waals surface area contributed by atoms with Crippen molar-refractivity contribution in [2.45, 2.75) is 31.7 Å². The average Bonchev–Trinajstić information content (AvgIpc) is 2.19. The lowest BCUT2D eigenvalue weighted by Gasteiger charge is -2.19. The summed E-state index contributed by atoms with van der Waals surface area (Å²) < 4.78 is 5.22. The lowest BCUT2D eigenvalue weighted by Crippen LogP contribution is -2.35. The van der Waals surface area contributed by atoms with Gasteiger partial charge in [0.1, 0.15) is 6.10 Å². The van der Waals surface area contributed by atoms with Gasteiger partial charge in [0.2, 0.25) is 0 Å². The Kier molecular flexibility index (Phi) is 3.46. The monoisotopic (exact) mass is 176 g/mol. The Balaban J connectivity index is 2.53. The van der Waals surface area contributed by atoms with Gasteiger partial charge in [0.25, 0.3) is 0 Å². The molecule has 1 aliphatic rings. The van der Waals surface area contributed by atoms with Crippen LogP contribution in [0.3, 0.4) is 0 Å². The van der Waals surface area contributed by atoms with Crippen LogP contribution in [0.5, 0.6) is 0 Å². The molecule has 4 atom stereocenters. The summed E-state index contributed by atoms with van der Waals surface area (Å²) >= 11 is 0. The Morgan fingerprint density at radius 2 is 2.08 bits per heavy atom. The summed E-state index contributed by atoms with van der Waals surface area (Å²) in [5.74, 6) is -0.0559. The van der Waals surface area contributed by atoms with Gasteiger partial charge in [-0.05, 0) is 13.3 Å². The number of aliphatic hydroxyl groups excluding tert-OH is 3. The van der Waals surface area contributed by atoms with E-state index in [0.717, 1.165) is 0 Å². The number of aliphatic hydroxyl groups is 3. The molecule has 3 N–H and O–H groups in total. The Morgan fingerprint density at radius 1 is 1.42 bits per heavy atom. The van der Waals surface area contributed by atoms with Gasteiger partial charge in [0, 0.05) is 12.5 Å². The molecule has 0 saturated carbocycles. The van der Waals surface area contributed by atoms with E-state index < -0.39 is 12.2 Å². The van der Waals surface area contributed by atoms with Crippen molar-refractivity contribution >= 4 is 0 Å². The molecule has 1 fully saturated rings. The van der Waals surface area contributed by atoms with Gasteiger partial charge in [-0.3, -0.25) is 0 Å². The Labute approximate surface area is 71.8 Å². The molecule has 4 nitrogen and oxygen atoms in total. The predicted octanol–water partition coefficient (Wildman–Crippen LogP) is -0.875. The first-order valence-electron chi connectivity index (χ1n) is 4.23. The quantitative estimate of drug-likeness (QED) is 0.485. The number of ether oxygens (including phenoxy) is 1. The molecule has 12 heavy (non-hydrogen) atoms. The van der Waals surface area contributed by atoms with Crippen LogP contribution < -0.4 is 0 Å². The average molecular weight is 176 g/mol. The second-order valence-corrected chi connectivity index (χ2v) is 3.38. The van der Waals surface area contributed by atoms with Crippen LogP contribution in [0, 0.1) is 5.92 Å². The van der Waals surface area contributed by atoms with Gasteiger partial charge in [-0.15, -0.1) is 0 Å². The van der Waals surface area contributed by atoms with E-state index in [9.17, 15) is 10.2 Å². The summed E-state index contributed by atoms with van der Waals surface area (Å²) in [5, 5.41) is 27.6. The van der Waals surface area contributed by atoms with Gasteiger partial charge in [-0.2, -0.15) is 0 Å². The molecule has 0 unspecified atom stereocenters. The SMILES string of the molecule is C[C@@H]1OC[C@H](CO)C[C@H](O)[C@H]1O. The first-order valence-corrected chi connectivity index (χ1v) is 4.23. The summed E-state index contributed by atoms with van der Waals surface area (Å²) in [6.07, 6.45) is -1.56. The normalized spacial score (nSPS) is 44.0. The molecule has 0 aromatic heterocycles. The molecule has 1 saturated heterocycles. The highest BCUT2D eigenvalue weighted by molar-refractivity contribution is 4.79. The van der Waals surface area contributed by atoms with Crippen molar-refractivity contribution in [2.75, 3.05) is 13.2 Å². The fourth-order valence-electron chi connectivity index (χ4n) is 1.38. The van der Waals surface area contributed by atoms with Crippen LogP contribution in [0.25, 0.3) is 0 Å². The lowest BCUT2D eigenvalue weighted by atomic mass is 10.00. The molecule has 1 rings (SSSR count). The molecule has 0 radical (unpaired) electrons. The van der Waals surface area contributed by atoms with E-state index in [2.05, 4.69) is 0 Å². The maximum Gasteiger partial charge on any atom is 0.106 e. The van der Waals surface area contributed by atoms with Crippen molar-refractivity contribution in [3.63, 3.8) is 0 Å². The van der Waals surface area contributed by atoms with E-state index in [1.54, 1.807) is 6.92 Å². The predicted molar refractivity (Wildman–Crippen MR) is 42.6 cm³/mol. The minimum Gasteiger partial charge on any atom is -0.396 e. The summed E-state index contributed by atoms with van der Waals surface area (Å²) in [4.78, 5) is 0. The van der Waals surface area contributed by atoms with Gasteiger partial charge in [-0.25, -0.2) is 0 Å². The zero-order chi connectivity index (χ0) is 9.14. The third-order valence-corrected chi connectivity index (χ3v) is 2.30. The van der Waals surface area contributed by atoms with E-state index in [1.807, 2.05) is 0 Å². The highest BCUT2D eigenvalue weighted by Gasteiger charge is 2.30. The van der Waals surface area contributed by atoms with Crippen molar-refractivity contribution in [1.82, 2.24) is 0 Å². The van der Waals surface area contributed by atoms with Crippen LogP contribution in [-0.2, 0) is 4.74 Å². The fourth-order valence-corrected chi connectivity index (χ4v) is 1.38. The molecule has 0 bridgehead atoms. The molecular formula is C8H16O4. The molecule has 0 aromatic carbocycles. The maximum absolute atomic E-state index is 9.39. The smallest absolute Gasteiger partial charge is 0.106 e. The molecule has 0 spiro atoms. The molecule has 0 aliphatic carbocycles. The van der Waals surface area contributed by atoms with E-state index in [1.165, 1.54) is 0 Å². The third-order valence-electron chi connectivity index (χ3n) is 2.30. The van der Waals surface area contributed by atoms with Gasteiger partial charge >= 0.3 is 0 Å². The van der Waals surface area contributed by atoms with E-state index in [4.69, 9.17) is 9.84 Å². The minimum absolute atomic E-state index is 0.00347. The standard InChI is InChI=1S/C8H16O4/c1-5-8(11)7(10)2-6(3-9)4-12-5/h5-11H,2-4H2,1H3/t5-,6-,7-,8-/m0/s1. The molecule has 0 aromatic rings. The number of hydrogen-bond donors (Lipinski definition) is 3. The Bertz CT molecular complexity index is 139. The summed E-state index contributed by atoms with van der Waals surface area (Å²) in [5.41, 5.74) is 0. The van der Waals surface area contributed by atoms with Gasteiger partial charge in [0.05, 0.1) is 18.8 Å². The first-order chi connectivity index (χ1) is 5.65. The highest BCUT2D eigenvalue weighted by Crippen LogP contribution is 2.18. The van der Waals surface area contributed by atoms with E-state index in [-0.39, 0.29) is 18.6 Å².